The fourth-order valence-electron chi connectivity index (χ4n) is 2.88. The summed E-state index contributed by atoms with van der Waals surface area (Å²) in [5, 5.41) is 3.23. The lowest BCUT2D eigenvalue weighted by molar-refractivity contribution is -0.119. The van der Waals surface area contributed by atoms with Crippen molar-refractivity contribution in [2.24, 2.45) is 0 Å². The highest BCUT2D eigenvalue weighted by Crippen LogP contribution is 2.23. The molecule has 0 unspecified atom stereocenters. The second-order valence-electron chi connectivity index (χ2n) is 6.42. The quantitative estimate of drug-likeness (QED) is 0.670. The molecule has 29 heavy (non-hydrogen) atoms. The summed E-state index contributed by atoms with van der Waals surface area (Å²) in [6.07, 6.45) is 1.68. The zero-order chi connectivity index (χ0) is 21.0. The Hall–Kier alpha value is -2.13. The third-order valence-electron chi connectivity index (χ3n) is 4.27. The molecule has 7 nitrogen and oxygen atoms in total. The van der Waals surface area contributed by atoms with E-state index >= 15 is 0 Å². The number of hydrogen-bond donors (Lipinski definition) is 1. The first-order valence-corrected chi connectivity index (χ1v) is 11.0. The van der Waals surface area contributed by atoms with Crippen LogP contribution >= 0.6 is 23.2 Å². The van der Waals surface area contributed by atoms with E-state index in [2.05, 4.69) is 5.32 Å². The summed E-state index contributed by atoms with van der Waals surface area (Å²) in [4.78, 5) is 24.2. The van der Waals surface area contributed by atoms with Gasteiger partial charge in [-0.25, -0.2) is 13.2 Å². The van der Waals surface area contributed by atoms with E-state index < -0.39 is 28.5 Å². The van der Waals surface area contributed by atoms with Gasteiger partial charge in [0.1, 0.15) is 0 Å². The number of benzene rings is 2. The van der Waals surface area contributed by atoms with E-state index in [-0.39, 0.29) is 10.5 Å². The molecule has 1 N–H and O–H groups in total. The number of esters is 1. The van der Waals surface area contributed by atoms with Gasteiger partial charge in [-0.15, -0.1) is 0 Å². The molecule has 1 aliphatic rings. The van der Waals surface area contributed by atoms with Crippen molar-refractivity contribution in [1.82, 2.24) is 4.31 Å². The van der Waals surface area contributed by atoms with Crippen LogP contribution in [-0.2, 0) is 19.6 Å². The van der Waals surface area contributed by atoms with Crippen molar-refractivity contribution in [1.29, 1.82) is 0 Å². The molecule has 10 heteroatoms. The standard InChI is InChI=1S/C19H18Cl2N2O5S/c20-14-9-15(21)11-16(10-14)22-18(24)12-28-19(25)13-3-5-17(6-4-13)29(26,27)23-7-1-2-8-23/h3-6,9-11H,1-2,7-8,12H2,(H,22,24). The van der Waals surface area contributed by atoms with Crippen molar-refractivity contribution in [3.05, 3.63) is 58.1 Å². The maximum Gasteiger partial charge on any atom is 0.338 e. The summed E-state index contributed by atoms with van der Waals surface area (Å²) < 4.78 is 31.4. The first-order valence-electron chi connectivity index (χ1n) is 8.79. The minimum Gasteiger partial charge on any atom is -0.452 e. The summed E-state index contributed by atoms with van der Waals surface area (Å²) in [6, 6.07) is 9.97. The van der Waals surface area contributed by atoms with Crippen molar-refractivity contribution < 1.29 is 22.7 Å². The Morgan fingerprint density at radius 2 is 1.59 bits per heavy atom. The fraction of sp³-hybridized carbons (Fsp3) is 0.263. The molecular weight excluding hydrogens is 439 g/mol. The van der Waals surface area contributed by atoms with Crippen LogP contribution < -0.4 is 5.32 Å². The van der Waals surface area contributed by atoms with Crippen LogP contribution in [0.15, 0.2) is 47.4 Å². The van der Waals surface area contributed by atoms with Crippen LogP contribution in [0.1, 0.15) is 23.2 Å². The maximum absolute atomic E-state index is 12.5. The lowest BCUT2D eigenvalue weighted by Crippen LogP contribution is -2.27. The number of nitrogens with zero attached hydrogens (tertiary/aromatic N) is 1. The van der Waals surface area contributed by atoms with E-state index in [4.69, 9.17) is 27.9 Å². The van der Waals surface area contributed by atoms with Crippen molar-refractivity contribution >= 4 is 50.8 Å². The molecule has 3 rings (SSSR count). The van der Waals surface area contributed by atoms with Gasteiger partial charge >= 0.3 is 5.97 Å². The van der Waals surface area contributed by atoms with E-state index in [0.29, 0.717) is 28.8 Å². The van der Waals surface area contributed by atoms with Crippen LogP contribution in [0.5, 0.6) is 0 Å². The molecule has 0 aromatic heterocycles. The van der Waals surface area contributed by atoms with Gasteiger partial charge in [0, 0.05) is 28.8 Å². The van der Waals surface area contributed by atoms with Crippen molar-refractivity contribution in [2.75, 3.05) is 25.0 Å². The van der Waals surface area contributed by atoms with Gasteiger partial charge in [0.2, 0.25) is 10.0 Å². The van der Waals surface area contributed by atoms with Gasteiger partial charge in [0.05, 0.1) is 10.5 Å². The number of amides is 1. The highest BCUT2D eigenvalue weighted by molar-refractivity contribution is 7.89. The number of ether oxygens (including phenoxy) is 1. The molecule has 1 fully saturated rings. The molecule has 0 radical (unpaired) electrons. The van der Waals surface area contributed by atoms with Gasteiger partial charge in [-0.2, -0.15) is 4.31 Å². The van der Waals surface area contributed by atoms with Crippen molar-refractivity contribution in [3.8, 4) is 0 Å². The summed E-state index contributed by atoms with van der Waals surface area (Å²) in [7, 11) is -3.55. The van der Waals surface area contributed by atoms with Gasteiger partial charge in [0.15, 0.2) is 6.61 Å². The van der Waals surface area contributed by atoms with Crippen LogP contribution in [0.3, 0.4) is 0 Å². The summed E-state index contributed by atoms with van der Waals surface area (Å²) in [5.41, 5.74) is 0.518. The smallest absolute Gasteiger partial charge is 0.338 e. The number of rotatable bonds is 6. The lowest BCUT2D eigenvalue weighted by Gasteiger charge is -2.15. The zero-order valence-corrected chi connectivity index (χ0v) is 17.6. The number of anilines is 1. The van der Waals surface area contributed by atoms with E-state index in [0.717, 1.165) is 12.8 Å². The third kappa shape index (κ3) is 5.48. The first kappa shape index (κ1) is 21.6. The van der Waals surface area contributed by atoms with Crippen LogP contribution in [-0.4, -0.2) is 44.3 Å². The Labute approximate surface area is 178 Å². The minimum absolute atomic E-state index is 0.117. The van der Waals surface area contributed by atoms with E-state index in [1.54, 1.807) is 0 Å². The largest absolute Gasteiger partial charge is 0.452 e. The van der Waals surface area contributed by atoms with E-state index in [9.17, 15) is 18.0 Å². The molecule has 2 aromatic rings. The Morgan fingerprint density at radius 3 is 2.17 bits per heavy atom. The summed E-state index contributed by atoms with van der Waals surface area (Å²) in [6.45, 7) is 0.481. The van der Waals surface area contributed by atoms with Crippen LogP contribution in [0.2, 0.25) is 10.0 Å². The molecular formula is C19H18Cl2N2O5S. The molecule has 0 saturated carbocycles. The Kier molecular flexibility index (Phi) is 6.79. The van der Waals surface area contributed by atoms with Crippen molar-refractivity contribution in [2.45, 2.75) is 17.7 Å². The molecule has 0 aliphatic carbocycles. The second-order valence-corrected chi connectivity index (χ2v) is 9.23. The maximum atomic E-state index is 12.5. The molecule has 1 aliphatic heterocycles. The molecule has 0 atom stereocenters. The third-order valence-corrected chi connectivity index (χ3v) is 6.62. The van der Waals surface area contributed by atoms with Gasteiger partial charge in [-0.3, -0.25) is 4.79 Å². The number of sulfonamides is 1. The number of hydrogen-bond acceptors (Lipinski definition) is 5. The lowest BCUT2D eigenvalue weighted by atomic mass is 10.2. The Bertz CT molecular complexity index is 999. The van der Waals surface area contributed by atoms with Gasteiger partial charge in [-0.1, -0.05) is 23.2 Å². The minimum atomic E-state index is -3.55. The SMILES string of the molecule is O=C(COC(=O)c1ccc(S(=O)(=O)N2CCCC2)cc1)Nc1cc(Cl)cc(Cl)c1. The zero-order valence-electron chi connectivity index (χ0n) is 15.2. The van der Waals surface area contributed by atoms with Crippen molar-refractivity contribution in [3.63, 3.8) is 0 Å². The number of nitrogens with one attached hydrogen (secondary N) is 1. The molecule has 0 spiro atoms. The van der Waals surface area contributed by atoms with Crippen LogP contribution in [0.4, 0.5) is 5.69 Å². The monoisotopic (exact) mass is 456 g/mol. The van der Waals surface area contributed by atoms with Gasteiger partial charge < -0.3 is 10.1 Å². The van der Waals surface area contributed by atoms with Crippen LogP contribution in [0.25, 0.3) is 0 Å². The predicted octanol–water partition coefficient (Wildman–Crippen LogP) is 3.57. The Morgan fingerprint density at radius 1 is 1.00 bits per heavy atom. The fourth-order valence-corrected chi connectivity index (χ4v) is 4.92. The summed E-state index contributed by atoms with van der Waals surface area (Å²) >= 11 is 11.7. The highest BCUT2D eigenvalue weighted by atomic mass is 35.5. The second kappa shape index (κ2) is 9.13. The highest BCUT2D eigenvalue weighted by Gasteiger charge is 2.27. The number of carbonyl (C=O) groups excluding carboxylic acids is 2. The summed E-state index contributed by atoms with van der Waals surface area (Å²) in [5.74, 6) is -1.31. The first-order chi connectivity index (χ1) is 13.8. The van der Waals surface area contributed by atoms with Crippen LogP contribution in [0, 0.1) is 0 Å². The molecule has 154 valence electrons. The Balaban J connectivity index is 1.57. The molecule has 2 aromatic carbocycles. The predicted molar refractivity (Wildman–Crippen MR) is 110 cm³/mol. The van der Waals surface area contributed by atoms with E-state index in [1.807, 2.05) is 0 Å². The molecule has 1 saturated heterocycles. The normalized spacial score (nSPS) is 14.6. The van der Waals surface area contributed by atoms with Gasteiger partial charge in [-0.05, 0) is 55.3 Å². The number of halogens is 2. The molecule has 1 amide bonds. The number of carbonyl (C=O) groups is 2. The van der Waals surface area contributed by atoms with E-state index in [1.165, 1.54) is 46.8 Å². The molecule has 0 bridgehead atoms. The van der Waals surface area contributed by atoms with Gasteiger partial charge in [0.25, 0.3) is 5.91 Å². The molecule has 1 heterocycles. The average molecular weight is 457 g/mol. The average Bonchev–Trinajstić information content (AvgIpc) is 3.21. The topological polar surface area (TPSA) is 92.8 Å².